The summed E-state index contributed by atoms with van der Waals surface area (Å²) in [6.45, 7) is 2.97. The van der Waals surface area contributed by atoms with E-state index >= 15 is 0 Å². The quantitative estimate of drug-likeness (QED) is 0.162. The number of alkyl halides is 7. The van der Waals surface area contributed by atoms with Crippen molar-refractivity contribution in [2.45, 2.75) is 38.2 Å². The Bertz CT molecular complexity index is 1860. The van der Waals surface area contributed by atoms with Crippen LogP contribution in [0.1, 0.15) is 34.6 Å². The highest BCUT2D eigenvalue weighted by Gasteiger charge is 2.44. The number of halogens is 8. The average Bonchev–Trinajstić information content (AvgIpc) is 3.29. The molecule has 2 N–H and O–H groups in total. The number of amides is 1. The SMILES string of the molecule is CC(C)(c1cc(Cl)cc(NC(=O)c2cc3cc(NS(C)(=O)=O)ccc3s2)c1)c1cc(OC(F)(F)F)cc(OC(F)(F)C(F)F)c1. The number of carbonyl (C=O) groups excluding carboxylic acids is 1. The maximum atomic E-state index is 13.7. The molecule has 4 aromatic rings. The molecular weight excluding hydrogens is 677 g/mol. The van der Waals surface area contributed by atoms with Crippen molar-refractivity contribution in [3.05, 3.63) is 81.7 Å². The maximum absolute atomic E-state index is 13.7. The number of nitrogens with one attached hydrogen (secondary N) is 2. The van der Waals surface area contributed by atoms with E-state index in [1.54, 1.807) is 18.2 Å². The van der Waals surface area contributed by atoms with Gasteiger partial charge in [-0.25, -0.2) is 8.42 Å². The zero-order valence-electron chi connectivity index (χ0n) is 23.2. The predicted octanol–water partition coefficient (Wildman–Crippen LogP) is 8.64. The van der Waals surface area contributed by atoms with Crippen LogP contribution in [0.2, 0.25) is 5.02 Å². The fraction of sp³-hybridized carbons (Fsp3) is 0.250. The molecule has 4 rings (SSSR count). The van der Waals surface area contributed by atoms with Crippen LogP contribution in [0.3, 0.4) is 0 Å². The van der Waals surface area contributed by atoms with E-state index in [0.29, 0.717) is 21.8 Å². The van der Waals surface area contributed by atoms with E-state index in [9.17, 15) is 43.9 Å². The fourth-order valence-electron chi connectivity index (χ4n) is 4.20. The molecule has 0 spiro atoms. The van der Waals surface area contributed by atoms with Gasteiger partial charge in [0, 0.05) is 32.6 Å². The smallest absolute Gasteiger partial charge is 0.428 e. The molecule has 0 saturated carbocycles. The van der Waals surface area contributed by atoms with Gasteiger partial charge in [-0.3, -0.25) is 9.52 Å². The van der Waals surface area contributed by atoms with Crippen LogP contribution in [0, 0.1) is 0 Å². The van der Waals surface area contributed by atoms with Crippen molar-refractivity contribution in [3.63, 3.8) is 0 Å². The second-order valence-corrected chi connectivity index (χ2v) is 13.5. The van der Waals surface area contributed by atoms with Crippen LogP contribution in [-0.2, 0) is 15.4 Å². The van der Waals surface area contributed by atoms with Crippen molar-refractivity contribution in [2.24, 2.45) is 0 Å². The van der Waals surface area contributed by atoms with Gasteiger partial charge in [0.1, 0.15) is 11.5 Å². The van der Waals surface area contributed by atoms with Crippen LogP contribution in [0.15, 0.2) is 60.7 Å². The summed E-state index contributed by atoms with van der Waals surface area (Å²) in [5.74, 6) is -2.57. The highest BCUT2D eigenvalue weighted by Crippen LogP contribution is 2.41. The van der Waals surface area contributed by atoms with Crippen molar-refractivity contribution in [1.82, 2.24) is 0 Å². The van der Waals surface area contributed by atoms with E-state index in [0.717, 1.165) is 29.7 Å². The number of hydrogen-bond acceptors (Lipinski definition) is 6. The molecule has 0 fully saturated rings. The number of sulfonamides is 1. The van der Waals surface area contributed by atoms with E-state index in [-0.39, 0.29) is 26.7 Å². The topological polar surface area (TPSA) is 93.7 Å². The molecule has 0 radical (unpaired) electrons. The number of hydrogen-bond donors (Lipinski definition) is 2. The first-order valence-electron chi connectivity index (χ1n) is 12.5. The largest absolute Gasteiger partial charge is 0.573 e. The highest BCUT2D eigenvalue weighted by molar-refractivity contribution is 7.92. The lowest BCUT2D eigenvalue weighted by Gasteiger charge is -2.28. The van der Waals surface area contributed by atoms with Crippen molar-refractivity contribution < 1.29 is 53.4 Å². The van der Waals surface area contributed by atoms with Crippen molar-refractivity contribution in [2.75, 3.05) is 16.3 Å². The van der Waals surface area contributed by atoms with E-state index in [1.165, 1.54) is 38.1 Å². The average molecular weight is 699 g/mol. The molecular formula is C28H22ClF7N2O5S2. The third-order valence-corrected chi connectivity index (χ3v) is 8.20. The van der Waals surface area contributed by atoms with Gasteiger partial charge in [0.2, 0.25) is 10.0 Å². The van der Waals surface area contributed by atoms with Crippen LogP contribution in [0.5, 0.6) is 11.5 Å². The number of thiophene rings is 1. The van der Waals surface area contributed by atoms with Gasteiger partial charge in [-0.05, 0) is 71.1 Å². The second-order valence-electron chi connectivity index (χ2n) is 10.3. The Morgan fingerprint density at radius 2 is 1.49 bits per heavy atom. The summed E-state index contributed by atoms with van der Waals surface area (Å²) in [6, 6.07) is 12.7. The van der Waals surface area contributed by atoms with Crippen LogP contribution in [0.4, 0.5) is 42.1 Å². The molecule has 0 atom stereocenters. The summed E-state index contributed by atoms with van der Waals surface area (Å²) in [6.07, 6.45) is -13.5. The lowest BCUT2D eigenvalue weighted by Crippen LogP contribution is -2.33. The summed E-state index contributed by atoms with van der Waals surface area (Å²) in [5.41, 5.74) is -0.696. The number of fused-ring (bicyclic) bond motifs is 1. The molecule has 0 saturated heterocycles. The van der Waals surface area contributed by atoms with Gasteiger partial charge in [-0.15, -0.1) is 24.5 Å². The Labute approximate surface area is 260 Å². The zero-order chi connectivity index (χ0) is 33.5. The zero-order valence-corrected chi connectivity index (χ0v) is 25.6. The van der Waals surface area contributed by atoms with Gasteiger partial charge < -0.3 is 14.8 Å². The predicted molar refractivity (Wildman–Crippen MR) is 157 cm³/mol. The number of anilines is 2. The first kappa shape index (κ1) is 34.1. The molecule has 0 aliphatic heterocycles. The van der Waals surface area contributed by atoms with Gasteiger partial charge in [-0.1, -0.05) is 25.4 Å². The maximum Gasteiger partial charge on any atom is 0.573 e. The first-order chi connectivity index (χ1) is 20.6. The lowest BCUT2D eigenvalue weighted by molar-refractivity contribution is -0.274. The van der Waals surface area contributed by atoms with Gasteiger partial charge in [-0.2, -0.15) is 17.6 Å². The van der Waals surface area contributed by atoms with Crippen molar-refractivity contribution in [3.8, 4) is 11.5 Å². The van der Waals surface area contributed by atoms with E-state index in [2.05, 4.69) is 19.5 Å². The fourth-order valence-corrected chi connectivity index (χ4v) is 5.93. The lowest BCUT2D eigenvalue weighted by atomic mass is 9.78. The summed E-state index contributed by atoms with van der Waals surface area (Å²) in [7, 11) is -3.53. The molecule has 1 heterocycles. The normalized spacial score (nSPS) is 12.8. The Balaban J connectivity index is 1.67. The van der Waals surface area contributed by atoms with Crippen molar-refractivity contribution >= 4 is 60.3 Å². The molecule has 17 heteroatoms. The standard InChI is InChI=1S/C28H22ClF7N2O5S2/c1-26(2,16-10-20(42-27(32,33)25(30)31)13-21(11-16)43-28(34,35)36)15-8-17(29)12-19(9-15)37-24(39)23-7-14-6-18(38-45(3,40)41)4-5-22(14)44-23/h4-13,25,38H,1-3H3,(H,37,39). The number of benzene rings is 3. The molecule has 45 heavy (non-hydrogen) atoms. The highest BCUT2D eigenvalue weighted by atomic mass is 35.5. The van der Waals surface area contributed by atoms with Gasteiger partial charge in [0.15, 0.2) is 0 Å². The molecule has 1 amide bonds. The van der Waals surface area contributed by atoms with Gasteiger partial charge in [0.05, 0.1) is 11.1 Å². The third kappa shape index (κ3) is 8.70. The molecule has 1 aromatic heterocycles. The Kier molecular flexibility index (Phi) is 9.26. The minimum absolute atomic E-state index is 0.0899. The minimum atomic E-state index is -5.24. The van der Waals surface area contributed by atoms with E-state index in [1.807, 2.05) is 0 Å². The summed E-state index contributed by atoms with van der Waals surface area (Å²) in [4.78, 5) is 13.4. The van der Waals surface area contributed by atoms with Crippen LogP contribution < -0.4 is 19.5 Å². The van der Waals surface area contributed by atoms with Gasteiger partial charge in [0.25, 0.3) is 5.91 Å². The first-order valence-corrected chi connectivity index (χ1v) is 15.6. The Hall–Kier alpha value is -3.76. The number of rotatable bonds is 10. The summed E-state index contributed by atoms with van der Waals surface area (Å²) >= 11 is 7.41. The second kappa shape index (κ2) is 12.2. The number of carbonyl (C=O) groups is 1. The summed E-state index contributed by atoms with van der Waals surface area (Å²) < 4.78 is 126. The Morgan fingerprint density at radius 1 is 0.867 bits per heavy atom. The van der Waals surface area contributed by atoms with Crippen LogP contribution >= 0.6 is 22.9 Å². The van der Waals surface area contributed by atoms with E-state index < -0.39 is 51.7 Å². The van der Waals surface area contributed by atoms with E-state index in [4.69, 9.17) is 11.6 Å². The molecule has 0 aliphatic carbocycles. The molecule has 242 valence electrons. The molecule has 0 bridgehead atoms. The third-order valence-electron chi connectivity index (χ3n) is 6.26. The van der Waals surface area contributed by atoms with Crippen LogP contribution in [0.25, 0.3) is 10.1 Å². The Morgan fingerprint density at radius 3 is 2.09 bits per heavy atom. The minimum Gasteiger partial charge on any atom is -0.428 e. The van der Waals surface area contributed by atoms with Gasteiger partial charge >= 0.3 is 18.9 Å². The molecule has 3 aromatic carbocycles. The molecule has 0 unspecified atom stereocenters. The molecule has 7 nitrogen and oxygen atoms in total. The summed E-state index contributed by atoms with van der Waals surface area (Å²) in [5, 5.41) is 3.35. The van der Waals surface area contributed by atoms with Crippen LogP contribution in [-0.4, -0.2) is 39.5 Å². The van der Waals surface area contributed by atoms with Crippen molar-refractivity contribution in [1.29, 1.82) is 0 Å². The number of ether oxygens (including phenoxy) is 2. The monoisotopic (exact) mass is 698 g/mol. The molecule has 0 aliphatic rings.